The highest BCUT2D eigenvalue weighted by atomic mass is 79.9. The van der Waals surface area contributed by atoms with E-state index in [9.17, 15) is 0 Å². The van der Waals surface area contributed by atoms with Gasteiger partial charge in [0.25, 0.3) is 0 Å². The third kappa shape index (κ3) is 3.85. The van der Waals surface area contributed by atoms with Crippen LogP contribution < -0.4 is 0 Å². The van der Waals surface area contributed by atoms with Gasteiger partial charge in [-0.15, -0.1) is 34.0 Å². The first-order valence-corrected chi connectivity index (χ1v) is 2.61. The number of hydrogen-bond acceptors (Lipinski definition) is 0. The molecule has 0 radical (unpaired) electrons. The Bertz CT molecular complexity index is 170. The molecule has 0 aliphatic heterocycles. The first-order valence-electron chi connectivity index (χ1n) is 2.61. The summed E-state index contributed by atoms with van der Waals surface area (Å²) < 4.78 is 0. The molecule has 0 amide bonds. The van der Waals surface area contributed by atoms with Gasteiger partial charge in [-0.2, -0.15) is 0 Å². The molecular formula is C8H10Br2. The smallest absolute Gasteiger partial charge is 0.0263 e. The van der Waals surface area contributed by atoms with E-state index in [4.69, 9.17) is 0 Å². The van der Waals surface area contributed by atoms with Gasteiger partial charge in [-0.05, 0) is 5.56 Å². The third-order valence-corrected chi connectivity index (χ3v) is 1.04. The van der Waals surface area contributed by atoms with E-state index in [2.05, 4.69) is 6.58 Å². The van der Waals surface area contributed by atoms with Crippen LogP contribution in [-0.2, 0) is 0 Å². The van der Waals surface area contributed by atoms with Crippen molar-refractivity contribution in [1.82, 2.24) is 0 Å². The molecule has 0 bridgehead atoms. The van der Waals surface area contributed by atoms with Crippen LogP contribution in [0.1, 0.15) is 5.56 Å². The molecule has 0 spiro atoms. The molecule has 2 heteroatoms. The lowest BCUT2D eigenvalue weighted by Crippen LogP contribution is -1.63. The summed E-state index contributed by atoms with van der Waals surface area (Å²) in [5.41, 5.74) is 1.17. The molecule has 0 heterocycles. The van der Waals surface area contributed by atoms with E-state index in [0.29, 0.717) is 0 Å². The van der Waals surface area contributed by atoms with Crippen LogP contribution in [0.5, 0.6) is 0 Å². The van der Waals surface area contributed by atoms with Crippen LogP contribution in [0.15, 0.2) is 36.9 Å². The number of halogens is 2. The fourth-order valence-electron chi connectivity index (χ4n) is 0.589. The van der Waals surface area contributed by atoms with Gasteiger partial charge in [0.1, 0.15) is 0 Å². The lowest BCUT2D eigenvalue weighted by molar-refractivity contribution is 1.67. The van der Waals surface area contributed by atoms with Gasteiger partial charge in [-0.1, -0.05) is 43.0 Å². The van der Waals surface area contributed by atoms with Gasteiger partial charge in [-0.3, -0.25) is 0 Å². The summed E-state index contributed by atoms with van der Waals surface area (Å²) in [5.74, 6) is 0. The summed E-state index contributed by atoms with van der Waals surface area (Å²) in [6.07, 6.45) is 1.83. The molecule has 0 atom stereocenters. The van der Waals surface area contributed by atoms with Gasteiger partial charge in [0.05, 0.1) is 0 Å². The Hall–Kier alpha value is -0.0800. The van der Waals surface area contributed by atoms with E-state index in [1.807, 2.05) is 36.4 Å². The summed E-state index contributed by atoms with van der Waals surface area (Å²) in [6.45, 7) is 3.63. The SMILES string of the molecule is Br.Br.C=Cc1ccccc1. The quantitative estimate of drug-likeness (QED) is 0.729. The van der Waals surface area contributed by atoms with Crippen molar-refractivity contribution in [2.45, 2.75) is 0 Å². The van der Waals surface area contributed by atoms with Crippen molar-refractivity contribution >= 4 is 40.0 Å². The molecule has 0 fully saturated rings. The molecule has 10 heavy (non-hydrogen) atoms. The molecule has 0 aromatic heterocycles. The standard InChI is InChI=1S/C8H8.2BrH/c1-2-8-6-4-3-5-7-8;;/h2-7H,1H2;2*1H. The molecule has 0 aliphatic carbocycles. The lowest BCUT2D eigenvalue weighted by atomic mass is 10.2. The van der Waals surface area contributed by atoms with Crippen molar-refractivity contribution in [3.05, 3.63) is 42.5 Å². The van der Waals surface area contributed by atoms with Crippen molar-refractivity contribution in [1.29, 1.82) is 0 Å². The first kappa shape index (κ1) is 12.6. The summed E-state index contributed by atoms with van der Waals surface area (Å²) in [6, 6.07) is 10.0. The monoisotopic (exact) mass is 264 g/mol. The third-order valence-electron chi connectivity index (χ3n) is 1.04. The van der Waals surface area contributed by atoms with Gasteiger partial charge in [-0.25, -0.2) is 0 Å². The summed E-state index contributed by atoms with van der Waals surface area (Å²) >= 11 is 0. The normalized spacial score (nSPS) is 6.80. The van der Waals surface area contributed by atoms with Crippen molar-refractivity contribution in [3.63, 3.8) is 0 Å². The maximum Gasteiger partial charge on any atom is -0.0263 e. The fraction of sp³-hybridized carbons (Fsp3) is 0. The van der Waals surface area contributed by atoms with Gasteiger partial charge in [0.2, 0.25) is 0 Å². The first-order chi connectivity index (χ1) is 3.93. The zero-order chi connectivity index (χ0) is 5.82. The highest BCUT2D eigenvalue weighted by Crippen LogP contribution is 1.97. The van der Waals surface area contributed by atoms with Crippen LogP contribution >= 0.6 is 34.0 Å². The highest BCUT2D eigenvalue weighted by Gasteiger charge is 1.75. The van der Waals surface area contributed by atoms with Crippen LogP contribution in [0.2, 0.25) is 0 Å². The molecule has 1 aromatic carbocycles. The molecule has 0 aliphatic rings. The van der Waals surface area contributed by atoms with Crippen molar-refractivity contribution in [3.8, 4) is 0 Å². The van der Waals surface area contributed by atoms with Gasteiger partial charge >= 0.3 is 0 Å². The Kier molecular flexibility index (Phi) is 8.85. The van der Waals surface area contributed by atoms with Crippen LogP contribution in [0.25, 0.3) is 6.08 Å². The molecular weight excluding hydrogens is 256 g/mol. The second kappa shape index (κ2) is 7.03. The molecule has 1 aromatic rings. The maximum absolute atomic E-state index is 3.63. The molecule has 0 saturated heterocycles. The summed E-state index contributed by atoms with van der Waals surface area (Å²) in [5, 5.41) is 0. The predicted octanol–water partition coefficient (Wildman–Crippen LogP) is 3.49. The molecule has 0 nitrogen and oxygen atoms in total. The van der Waals surface area contributed by atoms with Crippen LogP contribution in [0.4, 0.5) is 0 Å². The van der Waals surface area contributed by atoms with Gasteiger partial charge in [0, 0.05) is 0 Å². The molecule has 0 saturated carbocycles. The molecule has 56 valence electrons. The average Bonchev–Trinajstić information content (AvgIpc) is 1.90. The number of hydrogen-bond donors (Lipinski definition) is 0. The second-order valence-corrected chi connectivity index (χ2v) is 1.61. The Labute approximate surface area is 82.5 Å². The van der Waals surface area contributed by atoms with Crippen molar-refractivity contribution < 1.29 is 0 Å². The van der Waals surface area contributed by atoms with Gasteiger partial charge < -0.3 is 0 Å². The average molecular weight is 266 g/mol. The predicted molar refractivity (Wildman–Crippen MR) is 57.2 cm³/mol. The van der Waals surface area contributed by atoms with E-state index < -0.39 is 0 Å². The molecule has 0 N–H and O–H groups in total. The van der Waals surface area contributed by atoms with E-state index >= 15 is 0 Å². The number of rotatable bonds is 1. The van der Waals surface area contributed by atoms with Crippen LogP contribution in [-0.4, -0.2) is 0 Å². The summed E-state index contributed by atoms with van der Waals surface area (Å²) in [7, 11) is 0. The zero-order valence-electron chi connectivity index (χ0n) is 5.49. The molecule has 1 rings (SSSR count). The minimum absolute atomic E-state index is 0. The second-order valence-electron chi connectivity index (χ2n) is 1.61. The maximum atomic E-state index is 3.63. The van der Waals surface area contributed by atoms with Crippen LogP contribution in [0.3, 0.4) is 0 Å². The Morgan fingerprint density at radius 3 is 1.80 bits per heavy atom. The van der Waals surface area contributed by atoms with E-state index in [-0.39, 0.29) is 34.0 Å². The topological polar surface area (TPSA) is 0 Å². The number of benzene rings is 1. The largest absolute Gasteiger partial charge is 0.114 e. The van der Waals surface area contributed by atoms with E-state index in [1.54, 1.807) is 0 Å². The lowest BCUT2D eigenvalue weighted by Gasteiger charge is -1.85. The van der Waals surface area contributed by atoms with Crippen LogP contribution in [0, 0.1) is 0 Å². The molecule has 0 unspecified atom stereocenters. The van der Waals surface area contributed by atoms with E-state index in [1.165, 1.54) is 5.56 Å². The van der Waals surface area contributed by atoms with Crippen molar-refractivity contribution in [2.24, 2.45) is 0 Å². The minimum Gasteiger partial charge on any atom is -0.114 e. The van der Waals surface area contributed by atoms with E-state index in [0.717, 1.165) is 0 Å². The Balaban J connectivity index is 0. The fourth-order valence-corrected chi connectivity index (χ4v) is 0.589. The summed E-state index contributed by atoms with van der Waals surface area (Å²) in [4.78, 5) is 0. The van der Waals surface area contributed by atoms with Gasteiger partial charge in [0.15, 0.2) is 0 Å². The Morgan fingerprint density at radius 2 is 1.50 bits per heavy atom. The highest BCUT2D eigenvalue weighted by molar-refractivity contribution is 8.93. The van der Waals surface area contributed by atoms with Crippen molar-refractivity contribution in [2.75, 3.05) is 0 Å². The Morgan fingerprint density at radius 1 is 1.00 bits per heavy atom. The minimum atomic E-state index is 0. The zero-order valence-corrected chi connectivity index (χ0v) is 8.91.